The van der Waals surface area contributed by atoms with Crippen molar-refractivity contribution in [2.75, 3.05) is 0 Å². The van der Waals surface area contributed by atoms with Crippen molar-refractivity contribution in [3.8, 4) is 0 Å². The van der Waals surface area contributed by atoms with E-state index in [-0.39, 0.29) is 42.8 Å². The van der Waals surface area contributed by atoms with E-state index in [1.807, 2.05) is 0 Å². The van der Waals surface area contributed by atoms with Gasteiger partial charge in [-0.2, -0.15) is 0 Å². The maximum Gasteiger partial charge on any atom is 1.00 e. The van der Waals surface area contributed by atoms with Crippen LogP contribution in [0.2, 0.25) is 0 Å². The van der Waals surface area contributed by atoms with E-state index in [1.165, 1.54) is 0 Å². The van der Waals surface area contributed by atoms with Gasteiger partial charge in [0.2, 0.25) is 0 Å². The zero-order valence-electron chi connectivity index (χ0n) is 9.06. The fourth-order valence-corrected chi connectivity index (χ4v) is 2.97. The molecule has 2 fully saturated rings. The summed E-state index contributed by atoms with van der Waals surface area (Å²) in [4.78, 5) is 21.4. The maximum atomic E-state index is 10.7. The summed E-state index contributed by atoms with van der Waals surface area (Å²) in [5.41, 5.74) is 0. The summed E-state index contributed by atoms with van der Waals surface area (Å²) in [5.74, 6) is -4.02. The molecule has 0 heterocycles. The van der Waals surface area contributed by atoms with Gasteiger partial charge in [0.25, 0.3) is 0 Å². The third kappa shape index (κ3) is 1.71. The van der Waals surface area contributed by atoms with Crippen molar-refractivity contribution in [3.05, 3.63) is 0 Å². The van der Waals surface area contributed by atoms with Crippen molar-refractivity contribution >= 4 is 11.9 Å². The Balaban J connectivity index is 0.000000980. The van der Waals surface area contributed by atoms with Gasteiger partial charge in [0.05, 0.1) is 0 Å². The van der Waals surface area contributed by atoms with Crippen LogP contribution in [0, 0.1) is 23.7 Å². The van der Waals surface area contributed by atoms with Crippen molar-refractivity contribution in [3.63, 3.8) is 0 Å². The molecule has 2 aliphatic rings. The summed E-state index contributed by atoms with van der Waals surface area (Å²) in [7, 11) is 0. The molecule has 0 aromatic rings. The second-order valence-corrected chi connectivity index (χ2v) is 4.02. The third-order valence-corrected chi connectivity index (χ3v) is 3.46. The molecule has 0 spiro atoms. The van der Waals surface area contributed by atoms with Gasteiger partial charge >= 0.3 is 31.0 Å². The first-order valence-corrected chi connectivity index (χ1v) is 4.53. The monoisotopic (exact) mass is 206 g/mol. The van der Waals surface area contributed by atoms with E-state index >= 15 is 0 Å². The molecule has 2 saturated carbocycles. The molecule has 0 aliphatic heterocycles. The minimum absolute atomic E-state index is 0. The van der Waals surface area contributed by atoms with Crippen LogP contribution in [0.1, 0.15) is 20.7 Å². The van der Waals surface area contributed by atoms with Crippen LogP contribution in [0.4, 0.5) is 0 Å². The van der Waals surface area contributed by atoms with Crippen LogP contribution < -0.4 is 39.8 Å². The number of fused-ring (bicyclic) bond motifs is 2. The number of aliphatic carboxylic acids is 2. The normalized spacial score (nSPS) is 39.1. The van der Waals surface area contributed by atoms with Gasteiger partial charge in [-0.25, -0.2) is 0 Å². The van der Waals surface area contributed by atoms with Gasteiger partial charge in [0.1, 0.15) is 0 Å². The van der Waals surface area contributed by atoms with Crippen LogP contribution in [-0.2, 0) is 9.59 Å². The Bertz CT molecular complexity index is 245. The summed E-state index contributed by atoms with van der Waals surface area (Å²) in [5, 5.41) is 21.4. The smallest absolute Gasteiger partial charge is 0.550 e. The quantitative estimate of drug-likeness (QED) is 0.425. The van der Waals surface area contributed by atoms with E-state index in [1.54, 1.807) is 0 Å². The van der Waals surface area contributed by atoms with Crippen molar-refractivity contribution in [2.24, 2.45) is 23.7 Å². The van der Waals surface area contributed by atoms with Crippen molar-refractivity contribution < 1.29 is 50.8 Å². The molecule has 0 amide bonds. The number of rotatable bonds is 2. The maximum absolute atomic E-state index is 10.7. The molecule has 0 radical (unpaired) electrons. The minimum Gasteiger partial charge on any atom is -0.550 e. The predicted octanol–water partition coefficient (Wildman–Crippen LogP) is -4.73. The minimum atomic E-state index is -1.22. The van der Waals surface area contributed by atoms with E-state index < -0.39 is 23.8 Å². The van der Waals surface area contributed by atoms with Crippen LogP contribution in [0.3, 0.4) is 0 Å². The SMILES string of the molecule is O=C([O-])C1C2CCC(C2)C1C(=O)[O-].[H+].[Na+]. The third-order valence-electron chi connectivity index (χ3n) is 3.46. The number of carboxylic acid groups (broad SMARTS) is 2. The second kappa shape index (κ2) is 4.21. The molecule has 2 bridgehead atoms. The van der Waals surface area contributed by atoms with Gasteiger partial charge < -0.3 is 19.8 Å². The molecule has 4 unspecified atom stereocenters. The Morgan fingerprint density at radius 2 is 1.36 bits per heavy atom. The summed E-state index contributed by atoms with van der Waals surface area (Å²) < 4.78 is 0. The first kappa shape index (κ1) is 12.0. The van der Waals surface area contributed by atoms with E-state index in [0.717, 1.165) is 19.3 Å². The van der Waals surface area contributed by atoms with Gasteiger partial charge in [0.15, 0.2) is 0 Å². The first-order chi connectivity index (χ1) is 6.11. The molecule has 2 rings (SSSR count). The summed E-state index contributed by atoms with van der Waals surface area (Å²) in [6.07, 6.45) is 2.37. The Labute approximate surface area is 105 Å². The van der Waals surface area contributed by atoms with E-state index in [9.17, 15) is 19.8 Å². The van der Waals surface area contributed by atoms with Gasteiger partial charge in [-0.3, -0.25) is 0 Å². The van der Waals surface area contributed by atoms with Crippen LogP contribution in [0.5, 0.6) is 0 Å². The molecule has 4 nitrogen and oxygen atoms in total. The summed E-state index contributed by atoms with van der Waals surface area (Å²) in [6, 6.07) is 0. The van der Waals surface area contributed by atoms with Crippen LogP contribution in [0.25, 0.3) is 0 Å². The summed E-state index contributed by atoms with van der Waals surface area (Å²) in [6.45, 7) is 0. The fraction of sp³-hybridized carbons (Fsp3) is 0.778. The van der Waals surface area contributed by atoms with E-state index in [2.05, 4.69) is 0 Å². The Kier molecular flexibility index (Phi) is 3.61. The van der Waals surface area contributed by atoms with Crippen molar-refractivity contribution in [1.82, 2.24) is 0 Å². The molecule has 0 saturated heterocycles. The van der Waals surface area contributed by atoms with Gasteiger partial charge in [0, 0.05) is 23.8 Å². The van der Waals surface area contributed by atoms with Crippen molar-refractivity contribution in [1.29, 1.82) is 0 Å². The van der Waals surface area contributed by atoms with E-state index in [4.69, 9.17) is 0 Å². The molecule has 0 N–H and O–H groups in total. The van der Waals surface area contributed by atoms with Gasteiger partial charge in [-0.1, -0.05) is 0 Å². The molecule has 14 heavy (non-hydrogen) atoms. The van der Waals surface area contributed by atoms with Gasteiger partial charge in [-0.15, -0.1) is 0 Å². The number of hydrogen-bond donors (Lipinski definition) is 0. The van der Waals surface area contributed by atoms with Crippen LogP contribution in [-0.4, -0.2) is 11.9 Å². The van der Waals surface area contributed by atoms with Crippen molar-refractivity contribution in [2.45, 2.75) is 19.3 Å². The number of hydrogen-bond acceptors (Lipinski definition) is 4. The van der Waals surface area contributed by atoms with E-state index in [0.29, 0.717) is 0 Å². The summed E-state index contributed by atoms with van der Waals surface area (Å²) >= 11 is 0. The molecule has 5 heteroatoms. The standard InChI is InChI=1S/C9H12O4.Na/c10-8(11)6-4-1-2-5(3-4)7(6)9(12)13;/h4-7H,1-3H2,(H,10,11)(H,12,13);/q;+1/p-1. The predicted molar refractivity (Wildman–Crippen MR) is 38.9 cm³/mol. The van der Waals surface area contributed by atoms with Crippen LogP contribution >= 0.6 is 0 Å². The number of carbonyl (C=O) groups is 2. The largest absolute Gasteiger partial charge is 1.00 e. The second-order valence-electron chi connectivity index (χ2n) is 4.02. The topological polar surface area (TPSA) is 80.3 Å². The zero-order valence-corrected chi connectivity index (χ0v) is 10.1. The number of carbonyl (C=O) groups excluding carboxylic acids is 2. The molecular formula is C9H11NaO4. The Morgan fingerprint density at radius 3 is 1.64 bits per heavy atom. The fourth-order valence-electron chi connectivity index (χ4n) is 2.97. The molecule has 72 valence electrons. The molecule has 2 aliphatic carbocycles. The molecule has 0 aromatic heterocycles. The van der Waals surface area contributed by atoms with Gasteiger partial charge in [-0.05, 0) is 31.1 Å². The molecular weight excluding hydrogens is 195 g/mol. The number of carboxylic acids is 2. The first-order valence-electron chi connectivity index (χ1n) is 4.53. The molecule has 4 atom stereocenters. The average molecular weight is 206 g/mol. The van der Waals surface area contributed by atoms with Crippen LogP contribution in [0.15, 0.2) is 0 Å². The average Bonchev–Trinajstić information content (AvgIpc) is 2.60. The Hall–Kier alpha value is -0.0600. The molecule has 0 aromatic carbocycles. The Morgan fingerprint density at radius 1 is 1.00 bits per heavy atom. The zero-order chi connectivity index (χ0) is 9.59.